The maximum absolute atomic E-state index is 13.4. The van der Waals surface area contributed by atoms with E-state index < -0.39 is 38.7 Å². The number of methoxy groups -OCH3 is 1. The van der Waals surface area contributed by atoms with Crippen LogP contribution < -0.4 is 0 Å². The third-order valence-corrected chi connectivity index (χ3v) is 7.68. The Hall–Kier alpha value is -2.89. The molecule has 3 aromatic rings. The van der Waals surface area contributed by atoms with Crippen molar-refractivity contribution in [2.45, 2.75) is 36.6 Å². The van der Waals surface area contributed by atoms with E-state index in [1.807, 2.05) is 12.1 Å². The van der Waals surface area contributed by atoms with E-state index in [0.717, 1.165) is 35.2 Å². The van der Waals surface area contributed by atoms with Crippen molar-refractivity contribution in [3.8, 4) is 0 Å². The van der Waals surface area contributed by atoms with Crippen molar-refractivity contribution in [1.82, 2.24) is 13.9 Å². The highest BCUT2D eigenvalue weighted by Crippen LogP contribution is 2.34. The molecule has 12 heteroatoms. The third kappa shape index (κ3) is 4.68. The summed E-state index contributed by atoms with van der Waals surface area (Å²) in [5, 5.41) is 0.565. The summed E-state index contributed by atoms with van der Waals surface area (Å²) in [6, 6.07) is 9.23. The Morgan fingerprint density at radius 1 is 1.21 bits per heavy atom. The molecule has 34 heavy (non-hydrogen) atoms. The summed E-state index contributed by atoms with van der Waals surface area (Å²) in [5.41, 5.74) is 0.825. The number of sulfonamides is 1. The second-order valence-corrected chi connectivity index (χ2v) is 10.0. The van der Waals surface area contributed by atoms with Crippen molar-refractivity contribution >= 4 is 27.6 Å². The molecule has 1 aliphatic rings. The number of esters is 1. The van der Waals surface area contributed by atoms with Crippen molar-refractivity contribution in [1.29, 1.82) is 0 Å². The second-order valence-electron chi connectivity index (χ2n) is 7.71. The molecule has 1 atom stereocenters. The summed E-state index contributed by atoms with van der Waals surface area (Å²) in [6.07, 6.45) is -3.26. The molecular weight excluding hydrogens is 495 g/mol. The lowest BCUT2D eigenvalue weighted by atomic mass is 10.1. The first kappa shape index (κ1) is 24.2. The van der Waals surface area contributed by atoms with Gasteiger partial charge in [-0.15, -0.1) is 0 Å². The molecule has 2 aromatic carbocycles. The van der Waals surface area contributed by atoms with Gasteiger partial charge in [-0.3, -0.25) is 4.79 Å². The van der Waals surface area contributed by atoms with Crippen LogP contribution in [0.4, 0.5) is 13.2 Å². The number of aromatic nitrogens is 2. The molecule has 0 radical (unpaired) electrons. The summed E-state index contributed by atoms with van der Waals surface area (Å²) < 4.78 is 73.9. The molecule has 4 rings (SSSR count). The minimum absolute atomic E-state index is 0.0756. The first-order valence-electron chi connectivity index (χ1n) is 10.0. The van der Waals surface area contributed by atoms with Crippen LogP contribution in [0.15, 0.2) is 59.8 Å². The van der Waals surface area contributed by atoms with Crippen LogP contribution >= 0.6 is 11.6 Å². The molecule has 1 aromatic heterocycles. The van der Waals surface area contributed by atoms with E-state index in [-0.39, 0.29) is 13.0 Å². The topological polar surface area (TPSA) is 81.5 Å². The minimum Gasteiger partial charge on any atom is -0.468 e. The van der Waals surface area contributed by atoms with Gasteiger partial charge < -0.3 is 9.30 Å². The molecule has 0 N–H and O–H groups in total. The zero-order chi connectivity index (χ0) is 24.7. The maximum Gasteiger partial charge on any atom is 0.416 e. The molecule has 0 amide bonds. The van der Waals surface area contributed by atoms with E-state index in [9.17, 15) is 26.4 Å². The van der Waals surface area contributed by atoms with Gasteiger partial charge in [0.05, 0.1) is 41.8 Å². The number of fused-ring (bicyclic) bond motifs is 1. The molecule has 0 saturated carbocycles. The highest BCUT2D eigenvalue weighted by Gasteiger charge is 2.43. The third-order valence-electron chi connectivity index (χ3n) is 5.58. The normalized spacial score (nSPS) is 16.8. The van der Waals surface area contributed by atoms with Gasteiger partial charge >= 0.3 is 12.1 Å². The highest BCUT2D eigenvalue weighted by molar-refractivity contribution is 7.89. The zero-order valence-corrected chi connectivity index (χ0v) is 19.4. The summed E-state index contributed by atoms with van der Waals surface area (Å²) >= 11 is 5.93. The Morgan fingerprint density at radius 3 is 2.56 bits per heavy atom. The second kappa shape index (κ2) is 9.05. The molecular formula is C22H19ClF3N3O4S. The van der Waals surface area contributed by atoms with Crippen LogP contribution in [0.1, 0.15) is 22.5 Å². The van der Waals surface area contributed by atoms with E-state index in [0.29, 0.717) is 29.0 Å². The van der Waals surface area contributed by atoms with Gasteiger partial charge in [0, 0.05) is 18.0 Å². The largest absolute Gasteiger partial charge is 0.468 e. The van der Waals surface area contributed by atoms with Crippen LogP contribution in [0.25, 0.3) is 0 Å². The number of hydrogen-bond donors (Lipinski definition) is 0. The van der Waals surface area contributed by atoms with Gasteiger partial charge in [0.1, 0.15) is 6.04 Å². The number of benzene rings is 2. The van der Waals surface area contributed by atoms with Gasteiger partial charge in [-0.1, -0.05) is 29.8 Å². The van der Waals surface area contributed by atoms with Gasteiger partial charge in [0.2, 0.25) is 10.0 Å². The van der Waals surface area contributed by atoms with Crippen molar-refractivity contribution in [2.75, 3.05) is 7.11 Å². The average molecular weight is 514 g/mol. The number of ether oxygens (including phenoxy) is 1. The summed E-state index contributed by atoms with van der Waals surface area (Å²) in [7, 11) is -3.37. The first-order chi connectivity index (χ1) is 16.0. The van der Waals surface area contributed by atoms with E-state index in [4.69, 9.17) is 16.3 Å². The standard InChI is InChI=1S/C22H19ClF3N3O4S/c1-33-21(30)19-10-18-20(28(13-27-18)11-14-5-7-16(23)8-6-14)12-29(19)34(31,32)17-4-2-3-15(9-17)22(24,25)26/h2-9,13,19H,10-12H2,1H3/t19-/m0/s1. The highest BCUT2D eigenvalue weighted by atomic mass is 35.5. The Kier molecular flexibility index (Phi) is 6.45. The Bertz CT molecular complexity index is 1320. The zero-order valence-electron chi connectivity index (χ0n) is 17.8. The molecule has 0 spiro atoms. The van der Waals surface area contributed by atoms with Crippen LogP contribution in [-0.2, 0) is 45.2 Å². The fraction of sp³-hybridized carbons (Fsp3) is 0.273. The predicted octanol–water partition coefficient (Wildman–Crippen LogP) is 3.89. The van der Waals surface area contributed by atoms with Crippen LogP contribution in [0, 0.1) is 0 Å². The monoisotopic (exact) mass is 513 g/mol. The minimum atomic E-state index is -4.72. The van der Waals surface area contributed by atoms with Crippen LogP contribution in [-0.4, -0.2) is 41.4 Å². The predicted molar refractivity (Wildman–Crippen MR) is 116 cm³/mol. The summed E-state index contributed by atoms with van der Waals surface area (Å²) in [4.78, 5) is 16.2. The maximum atomic E-state index is 13.4. The smallest absolute Gasteiger partial charge is 0.416 e. The molecule has 7 nitrogen and oxygen atoms in total. The molecule has 0 bridgehead atoms. The number of carbonyl (C=O) groups excluding carboxylic acids is 1. The lowest BCUT2D eigenvalue weighted by Crippen LogP contribution is -2.49. The van der Waals surface area contributed by atoms with E-state index in [1.54, 1.807) is 16.7 Å². The van der Waals surface area contributed by atoms with Gasteiger partial charge in [-0.25, -0.2) is 13.4 Å². The quantitative estimate of drug-likeness (QED) is 0.483. The average Bonchev–Trinajstić information content (AvgIpc) is 3.20. The number of rotatable bonds is 5. The van der Waals surface area contributed by atoms with Gasteiger partial charge in [-0.2, -0.15) is 17.5 Å². The molecule has 1 aliphatic heterocycles. The molecule has 180 valence electrons. The van der Waals surface area contributed by atoms with Crippen LogP contribution in [0.2, 0.25) is 5.02 Å². The molecule has 0 unspecified atom stereocenters. The number of alkyl halides is 3. The van der Waals surface area contributed by atoms with Crippen molar-refractivity contribution < 1.29 is 31.1 Å². The van der Waals surface area contributed by atoms with E-state index in [1.165, 1.54) is 6.33 Å². The number of halogens is 4. The lowest BCUT2D eigenvalue weighted by molar-refractivity contribution is -0.145. The van der Waals surface area contributed by atoms with Crippen molar-refractivity contribution in [3.05, 3.63) is 82.4 Å². The fourth-order valence-corrected chi connectivity index (χ4v) is 5.54. The Labute approximate surface area is 198 Å². The Morgan fingerprint density at radius 2 is 1.91 bits per heavy atom. The lowest BCUT2D eigenvalue weighted by Gasteiger charge is -2.33. The number of hydrogen-bond acceptors (Lipinski definition) is 5. The molecule has 0 aliphatic carbocycles. The first-order valence-corrected chi connectivity index (χ1v) is 11.9. The Balaban J connectivity index is 1.73. The summed E-state index contributed by atoms with van der Waals surface area (Å²) in [5.74, 6) is -0.826. The van der Waals surface area contributed by atoms with Gasteiger partial charge in [0.25, 0.3) is 0 Å². The van der Waals surface area contributed by atoms with Gasteiger partial charge in [-0.05, 0) is 35.9 Å². The molecule has 0 saturated heterocycles. The van der Waals surface area contributed by atoms with E-state index in [2.05, 4.69) is 4.98 Å². The van der Waals surface area contributed by atoms with Crippen LogP contribution in [0.5, 0.6) is 0 Å². The fourth-order valence-electron chi connectivity index (χ4n) is 3.83. The van der Waals surface area contributed by atoms with E-state index >= 15 is 0 Å². The van der Waals surface area contributed by atoms with Crippen LogP contribution in [0.3, 0.4) is 0 Å². The SMILES string of the molecule is COC(=O)[C@@H]1Cc2ncn(Cc3ccc(Cl)cc3)c2CN1S(=O)(=O)c1cccc(C(F)(F)F)c1. The molecule has 2 heterocycles. The van der Waals surface area contributed by atoms with Crippen molar-refractivity contribution in [2.24, 2.45) is 0 Å². The van der Waals surface area contributed by atoms with Gasteiger partial charge in [0.15, 0.2) is 0 Å². The molecule has 0 fully saturated rings. The summed E-state index contributed by atoms with van der Waals surface area (Å²) in [6.45, 7) is 0.0983. The number of imidazole rings is 1. The van der Waals surface area contributed by atoms with Crippen molar-refractivity contribution in [3.63, 3.8) is 0 Å². The number of carbonyl (C=O) groups is 1. The number of nitrogens with zero attached hydrogens (tertiary/aromatic N) is 3.